The second-order valence-corrected chi connectivity index (χ2v) is 9.45. The quantitative estimate of drug-likeness (QED) is 0.788. The van der Waals surface area contributed by atoms with Crippen molar-refractivity contribution in [2.45, 2.75) is 24.0 Å². The number of hydrogen-bond donors (Lipinski definition) is 0. The van der Waals surface area contributed by atoms with E-state index in [1.54, 1.807) is 24.3 Å². The van der Waals surface area contributed by atoms with Crippen LogP contribution in [0.15, 0.2) is 28.8 Å². The van der Waals surface area contributed by atoms with Crippen LogP contribution < -0.4 is 0 Å². The lowest BCUT2D eigenvalue weighted by Crippen LogP contribution is -2.67. The third-order valence-electron chi connectivity index (χ3n) is 5.13. The molecule has 0 saturated carbocycles. The van der Waals surface area contributed by atoms with E-state index in [1.807, 2.05) is 0 Å². The van der Waals surface area contributed by atoms with Crippen molar-refractivity contribution in [2.24, 2.45) is 0 Å². The molecule has 3 heterocycles. The van der Waals surface area contributed by atoms with Gasteiger partial charge in [0.2, 0.25) is 17.6 Å². The van der Waals surface area contributed by atoms with Gasteiger partial charge in [0.25, 0.3) is 0 Å². The van der Waals surface area contributed by atoms with Gasteiger partial charge in [0.05, 0.1) is 11.7 Å². The van der Waals surface area contributed by atoms with Crippen molar-refractivity contribution in [1.82, 2.24) is 15.0 Å². The lowest BCUT2D eigenvalue weighted by Gasteiger charge is -2.48. The fraction of sp³-hybridized carbons (Fsp3) is 0.438. The van der Waals surface area contributed by atoms with E-state index in [1.165, 1.54) is 11.8 Å². The Hall–Kier alpha value is -1.93. The molecule has 25 heavy (non-hydrogen) atoms. The molecule has 0 aliphatic carbocycles. The van der Waals surface area contributed by atoms with Crippen LogP contribution in [0.2, 0.25) is 5.02 Å². The zero-order chi connectivity index (χ0) is 17.8. The van der Waals surface area contributed by atoms with Crippen molar-refractivity contribution in [3.8, 4) is 11.4 Å². The highest BCUT2D eigenvalue weighted by atomic mass is 35.5. The molecule has 0 radical (unpaired) electrons. The number of benzene rings is 1. The maximum atomic E-state index is 12.6. The average Bonchev–Trinajstić information content (AvgIpc) is 3.08. The summed E-state index contributed by atoms with van der Waals surface area (Å²) in [6.45, 7) is 1.82. The summed E-state index contributed by atoms with van der Waals surface area (Å²) >= 11 is 5.88. The molecule has 1 unspecified atom stereocenters. The molecule has 0 bridgehead atoms. The molecule has 2 saturated heterocycles. The monoisotopic (exact) mass is 381 g/mol. The Morgan fingerprint density at radius 2 is 2.00 bits per heavy atom. The summed E-state index contributed by atoms with van der Waals surface area (Å²) in [4.78, 5) is 17.5. The minimum atomic E-state index is -3.31. The smallest absolute Gasteiger partial charge is 0.231 e. The van der Waals surface area contributed by atoms with Crippen molar-refractivity contribution >= 4 is 27.3 Å². The van der Waals surface area contributed by atoms with Gasteiger partial charge >= 0.3 is 0 Å². The highest BCUT2D eigenvalue weighted by Crippen LogP contribution is 2.49. The van der Waals surface area contributed by atoms with E-state index >= 15 is 0 Å². The van der Waals surface area contributed by atoms with Crippen LogP contribution >= 0.6 is 11.6 Å². The number of rotatable bonds is 2. The first-order valence-electron chi connectivity index (χ1n) is 7.90. The number of hydrogen-bond acceptors (Lipinski definition) is 6. The van der Waals surface area contributed by atoms with Crippen LogP contribution in [-0.4, -0.2) is 53.0 Å². The van der Waals surface area contributed by atoms with Crippen molar-refractivity contribution < 1.29 is 17.7 Å². The van der Waals surface area contributed by atoms with Crippen LogP contribution in [0.5, 0.6) is 0 Å². The zero-order valence-corrected chi connectivity index (χ0v) is 15.0. The van der Waals surface area contributed by atoms with E-state index in [0.29, 0.717) is 23.2 Å². The van der Waals surface area contributed by atoms with Gasteiger partial charge in [0.1, 0.15) is 4.75 Å². The number of aromatic nitrogens is 2. The summed E-state index contributed by atoms with van der Waals surface area (Å²) in [7, 11) is -3.31. The van der Waals surface area contributed by atoms with Crippen LogP contribution in [0.3, 0.4) is 0 Å². The molecule has 0 N–H and O–H groups in total. The molecule has 2 aromatic rings. The van der Waals surface area contributed by atoms with Gasteiger partial charge in [-0.25, -0.2) is 8.42 Å². The number of sulfone groups is 1. The first kappa shape index (κ1) is 16.5. The Bertz CT molecular complexity index is 933. The minimum absolute atomic E-state index is 0.0715. The molecule has 2 aliphatic rings. The molecular weight excluding hydrogens is 366 g/mol. The number of carbonyl (C=O) groups excluding carboxylic acids is 1. The van der Waals surface area contributed by atoms with Crippen LogP contribution in [0.4, 0.5) is 0 Å². The van der Waals surface area contributed by atoms with Crippen molar-refractivity contribution in [3.05, 3.63) is 35.2 Å². The third-order valence-corrected chi connectivity index (χ3v) is 7.94. The average molecular weight is 382 g/mol. The summed E-state index contributed by atoms with van der Waals surface area (Å²) in [6.07, 6.45) is 0.427. The predicted octanol–water partition coefficient (Wildman–Crippen LogP) is 1.89. The molecule has 2 fully saturated rings. The van der Waals surface area contributed by atoms with Crippen LogP contribution in [0.1, 0.15) is 25.2 Å². The van der Waals surface area contributed by atoms with Crippen molar-refractivity contribution in [3.63, 3.8) is 0 Å². The van der Waals surface area contributed by atoms with Gasteiger partial charge in [-0.3, -0.25) is 4.79 Å². The summed E-state index contributed by atoms with van der Waals surface area (Å²) in [5.41, 5.74) is 0.744. The molecule has 1 aromatic carbocycles. The van der Waals surface area contributed by atoms with Gasteiger partial charge in [-0.05, 0) is 30.7 Å². The van der Waals surface area contributed by atoms with Gasteiger partial charge < -0.3 is 9.42 Å². The first-order chi connectivity index (χ1) is 11.8. The summed E-state index contributed by atoms with van der Waals surface area (Å²) in [6, 6.07) is 7.01. The zero-order valence-electron chi connectivity index (χ0n) is 13.5. The fourth-order valence-electron chi connectivity index (χ4n) is 3.64. The number of carbonyl (C=O) groups is 1. The lowest BCUT2D eigenvalue weighted by atomic mass is 9.83. The molecule has 1 amide bonds. The largest absolute Gasteiger partial charge is 0.340 e. The van der Waals surface area contributed by atoms with Gasteiger partial charge in [-0.1, -0.05) is 16.8 Å². The Morgan fingerprint density at radius 3 is 2.64 bits per heavy atom. The normalized spacial score (nSPS) is 23.6. The molecular formula is C16H16ClN3O4S. The van der Waals surface area contributed by atoms with Gasteiger partial charge in [-0.15, -0.1) is 0 Å². The van der Waals surface area contributed by atoms with E-state index < -0.39 is 14.6 Å². The maximum Gasteiger partial charge on any atom is 0.231 e. The molecule has 7 nitrogen and oxygen atoms in total. The minimum Gasteiger partial charge on any atom is -0.340 e. The number of amides is 1. The summed E-state index contributed by atoms with van der Waals surface area (Å²) < 4.78 is 29.6. The van der Waals surface area contributed by atoms with Crippen LogP contribution in [-0.2, 0) is 14.6 Å². The Balaban J connectivity index is 1.66. The number of nitrogens with zero attached hydrogens (tertiary/aromatic N) is 3. The van der Waals surface area contributed by atoms with Crippen molar-refractivity contribution in [1.29, 1.82) is 0 Å². The van der Waals surface area contributed by atoms with E-state index in [9.17, 15) is 13.2 Å². The molecule has 1 spiro atoms. The lowest BCUT2D eigenvalue weighted by molar-refractivity contribution is -0.134. The Kier molecular flexibility index (Phi) is 3.66. The second kappa shape index (κ2) is 5.54. The Labute approximate surface area is 149 Å². The SMILES string of the molecule is CC(=O)N1CC2(C1)C(c1nc(-c3ccc(Cl)cc3)no1)CCS2(=O)=O. The maximum absolute atomic E-state index is 12.6. The number of likely N-dealkylation sites (tertiary alicyclic amines) is 1. The topological polar surface area (TPSA) is 93.4 Å². The van der Waals surface area contributed by atoms with E-state index in [-0.39, 0.29) is 30.7 Å². The number of halogens is 1. The van der Waals surface area contributed by atoms with Gasteiger partial charge in [0.15, 0.2) is 9.84 Å². The van der Waals surface area contributed by atoms with E-state index in [4.69, 9.17) is 16.1 Å². The van der Waals surface area contributed by atoms with Crippen molar-refractivity contribution in [2.75, 3.05) is 18.8 Å². The van der Waals surface area contributed by atoms with Crippen LogP contribution in [0, 0.1) is 0 Å². The summed E-state index contributed by atoms with van der Waals surface area (Å²) in [5.74, 6) is 0.269. The molecule has 9 heteroatoms. The molecule has 1 aromatic heterocycles. The standard InChI is InChI=1S/C16H16ClN3O4S/c1-10(21)20-8-16(9-20)13(6-7-25(16,22)23)15-18-14(19-24-15)11-2-4-12(17)5-3-11/h2-5,13H,6-9H2,1H3. The van der Waals surface area contributed by atoms with Gasteiger partial charge in [-0.2, -0.15) is 4.98 Å². The fourth-order valence-corrected chi connectivity index (χ4v) is 6.07. The highest BCUT2D eigenvalue weighted by Gasteiger charge is 2.64. The first-order valence-corrected chi connectivity index (χ1v) is 9.93. The van der Waals surface area contributed by atoms with E-state index in [0.717, 1.165) is 5.56 Å². The summed E-state index contributed by atoms with van der Waals surface area (Å²) in [5, 5.41) is 4.59. The molecule has 132 valence electrons. The van der Waals surface area contributed by atoms with E-state index in [2.05, 4.69) is 10.1 Å². The second-order valence-electron chi connectivity index (χ2n) is 6.56. The Morgan fingerprint density at radius 1 is 1.32 bits per heavy atom. The molecule has 2 aliphatic heterocycles. The third kappa shape index (κ3) is 2.46. The molecule has 1 atom stereocenters. The van der Waals surface area contributed by atoms with Crippen LogP contribution in [0.25, 0.3) is 11.4 Å². The highest BCUT2D eigenvalue weighted by molar-refractivity contribution is 7.93. The molecule has 4 rings (SSSR count). The predicted molar refractivity (Wildman–Crippen MR) is 90.9 cm³/mol. The van der Waals surface area contributed by atoms with Gasteiger partial charge in [0, 0.05) is 30.6 Å².